The molecule has 0 radical (unpaired) electrons. The summed E-state index contributed by atoms with van der Waals surface area (Å²) in [6, 6.07) is 5.58. The molecule has 0 fully saturated rings. The van der Waals surface area contributed by atoms with Crippen LogP contribution in [-0.4, -0.2) is 42.6 Å². The minimum atomic E-state index is -0.600. The first-order valence-corrected chi connectivity index (χ1v) is 9.80. The number of carbonyl (C=O) groups excluding carboxylic acids is 1. The van der Waals surface area contributed by atoms with Crippen LogP contribution in [0.2, 0.25) is 0 Å². The molecule has 1 aromatic heterocycles. The highest BCUT2D eigenvalue weighted by Crippen LogP contribution is 2.15. The maximum atomic E-state index is 12.1. The normalized spacial score (nSPS) is 12.3. The molecule has 10 nitrogen and oxygen atoms in total. The van der Waals surface area contributed by atoms with E-state index >= 15 is 0 Å². The molecule has 30 heavy (non-hydrogen) atoms. The van der Waals surface area contributed by atoms with E-state index in [4.69, 9.17) is 17.0 Å². The molecule has 1 aromatic carbocycles. The van der Waals surface area contributed by atoms with Crippen LogP contribution in [0, 0.1) is 16.0 Å². The number of nitrogens with zero attached hydrogens (tertiary/aromatic N) is 4. The third-order valence-electron chi connectivity index (χ3n) is 3.93. The fourth-order valence-electron chi connectivity index (χ4n) is 2.49. The maximum absolute atomic E-state index is 12.1. The van der Waals surface area contributed by atoms with Crippen LogP contribution in [0.1, 0.15) is 40.3 Å². The molecule has 162 valence electrons. The molecule has 0 spiro atoms. The molecule has 0 aliphatic rings. The number of ether oxygens (including phenoxy) is 1. The summed E-state index contributed by atoms with van der Waals surface area (Å²) in [5.74, 6) is 0.0494. The van der Waals surface area contributed by atoms with Gasteiger partial charge in [-0.1, -0.05) is 31.3 Å². The molecule has 1 atom stereocenters. The molecule has 2 rings (SSSR count). The van der Waals surface area contributed by atoms with Crippen LogP contribution in [0.25, 0.3) is 5.69 Å². The van der Waals surface area contributed by atoms with Crippen LogP contribution < -0.4 is 10.6 Å². The van der Waals surface area contributed by atoms with Crippen molar-refractivity contribution in [3.63, 3.8) is 0 Å². The van der Waals surface area contributed by atoms with Crippen LogP contribution in [0.5, 0.6) is 0 Å². The van der Waals surface area contributed by atoms with Gasteiger partial charge in [0.25, 0.3) is 5.69 Å². The van der Waals surface area contributed by atoms with Crippen LogP contribution in [0.15, 0.2) is 30.5 Å². The Morgan fingerprint density at radius 1 is 1.30 bits per heavy atom. The second-order valence-corrected chi connectivity index (χ2v) is 8.45. The van der Waals surface area contributed by atoms with Gasteiger partial charge in [-0.2, -0.15) is 0 Å². The average molecular weight is 435 g/mol. The number of hydrogen-bond donors (Lipinski definition) is 2. The number of benzene rings is 1. The Labute approximate surface area is 180 Å². The van der Waals surface area contributed by atoms with Gasteiger partial charge in [0.15, 0.2) is 0 Å². The van der Waals surface area contributed by atoms with E-state index in [2.05, 4.69) is 20.9 Å². The second kappa shape index (κ2) is 9.61. The number of amides is 1. The highest BCUT2D eigenvalue weighted by atomic mass is 32.1. The van der Waals surface area contributed by atoms with Crippen LogP contribution >= 0.6 is 12.2 Å². The van der Waals surface area contributed by atoms with Crippen LogP contribution in [0.3, 0.4) is 0 Å². The highest BCUT2D eigenvalue weighted by Gasteiger charge is 2.24. The zero-order valence-electron chi connectivity index (χ0n) is 17.6. The molecule has 0 saturated carbocycles. The van der Waals surface area contributed by atoms with Gasteiger partial charge in [0.1, 0.15) is 11.3 Å². The van der Waals surface area contributed by atoms with Gasteiger partial charge >= 0.3 is 6.09 Å². The molecule has 0 bridgehead atoms. The van der Waals surface area contributed by atoms with E-state index in [1.54, 1.807) is 39.1 Å². The molecule has 1 heterocycles. The Balaban J connectivity index is 1.97. The highest BCUT2D eigenvalue weighted by molar-refractivity contribution is 7.80. The number of non-ortho nitro benzene ring substituents is 1. The lowest BCUT2D eigenvalue weighted by Gasteiger charge is -2.26. The zero-order valence-corrected chi connectivity index (χ0v) is 18.4. The lowest BCUT2D eigenvalue weighted by Crippen LogP contribution is -2.49. The van der Waals surface area contributed by atoms with Crippen molar-refractivity contribution in [3.8, 4) is 5.69 Å². The van der Waals surface area contributed by atoms with E-state index in [1.807, 2.05) is 13.8 Å². The number of thiocarbonyl (C=S) groups is 1. The standard InChI is InChI=1S/C19H26N6O4S/c1-12(2)16(21-18(26)29-19(3,4)5)17(30)20-10-13-11-24(23-22-13)14-6-8-15(9-7-14)25(27)28/h6-9,11-12,16H,10H2,1-5H3,(H,20,30)(H,21,26)/t16-/m0/s1. The first-order chi connectivity index (χ1) is 14.0. The summed E-state index contributed by atoms with van der Waals surface area (Å²) < 4.78 is 6.82. The van der Waals surface area contributed by atoms with Gasteiger partial charge in [0.2, 0.25) is 0 Å². The second-order valence-electron chi connectivity index (χ2n) is 8.01. The SMILES string of the molecule is CC(C)[C@H](NC(=O)OC(C)(C)C)C(=S)NCc1cn(-c2ccc([N+](=O)[O-])cc2)nn1. The Kier molecular flexibility index (Phi) is 7.43. The van der Waals surface area contributed by atoms with Gasteiger partial charge in [0, 0.05) is 12.1 Å². The van der Waals surface area contributed by atoms with Gasteiger partial charge < -0.3 is 15.4 Å². The summed E-state index contributed by atoms with van der Waals surface area (Å²) in [5, 5.41) is 24.8. The molecule has 11 heteroatoms. The summed E-state index contributed by atoms with van der Waals surface area (Å²) >= 11 is 5.45. The van der Waals surface area contributed by atoms with E-state index < -0.39 is 22.7 Å². The van der Waals surface area contributed by atoms with Crippen molar-refractivity contribution in [2.75, 3.05) is 0 Å². The van der Waals surface area contributed by atoms with Crippen molar-refractivity contribution in [3.05, 3.63) is 46.3 Å². The van der Waals surface area contributed by atoms with Crippen molar-refractivity contribution in [1.29, 1.82) is 0 Å². The number of carbonyl (C=O) groups is 1. The predicted octanol–water partition coefficient (Wildman–Crippen LogP) is 3.14. The number of nitrogens with one attached hydrogen (secondary N) is 2. The molecule has 0 saturated heterocycles. The molecule has 0 aliphatic carbocycles. The number of rotatable bonds is 7. The maximum Gasteiger partial charge on any atom is 0.408 e. The fraction of sp³-hybridized carbons (Fsp3) is 0.474. The quantitative estimate of drug-likeness (QED) is 0.387. The average Bonchev–Trinajstić information content (AvgIpc) is 3.11. The summed E-state index contributed by atoms with van der Waals surface area (Å²) in [7, 11) is 0. The minimum Gasteiger partial charge on any atom is -0.444 e. The van der Waals surface area contributed by atoms with E-state index in [0.29, 0.717) is 22.9 Å². The largest absolute Gasteiger partial charge is 0.444 e. The van der Waals surface area contributed by atoms with Gasteiger partial charge in [-0.3, -0.25) is 10.1 Å². The third-order valence-corrected chi connectivity index (χ3v) is 4.33. The predicted molar refractivity (Wildman–Crippen MR) is 115 cm³/mol. The number of aromatic nitrogens is 3. The first-order valence-electron chi connectivity index (χ1n) is 9.39. The summed E-state index contributed by atoms with van der Waals surface area (Å²) in [4.78, 5) is 22.8. The smallest absolute Gasteiger partial charge is 0.408 e. The Morgan fingerprint density at radius 2 is 1.93 bits per heavy atom. The zero-order chi connectivity index (χ0) is 22.5. The van der Waals surface area contributed by atoms with Crippen molar-refractivity contribution >= 4 is 29.0 Å². The summed E-state index contributed by atoms with van der Waals surface area (Å²) in [5.41, 5.74) is 0.671. The number of alkyl carbamates (subject to hydrolysis) is 1. The monoisotopic (exact) mass is 434 g/mol. The van der Waals surface area contributed by atoms with E-state index in [9.17, 15) is 14.9 Å². The van der Waals surface area contributed by atoms with E-state index in [0.717, 1.165) is 0 Å². The Morgan fingerprint density at radius 3 is 2.47 bits per heavy atom. The molecule has 2 N–H and O–H groups in total. The number of hydrogen-bond acceptors (Lipinski definition) is 7. The van der Waals surface area contributed by atoms with E-state index in [1.165, 1.54) is 16.8 Å². The van der Waals surface area contributed by atoms with Crippen LogP contribution in [0.4, 0.5) is 10.5 Å². The number of nitro groups is 1. The molecule has 2 aromatic rings. The molecular formula is C19H26N6O4S. The molecule has 0 unspecified atom stereocenters. The van der Waals surface area contributed by atoms with Crippen molar-refractivity contribution < 1.29 is 14.5 Å². The topological polar surface area (TPSA) is 124 Å². The summed E-state index contributed by atoms with van der Waals surface area (Å²) in [6.07, 6.45) is 1.16. The van der Waals surface area contributed by atoms with Gasteiger partial charge in [-0.25, -0.2) is 9.48 Å². The van der Waals surface area contributed by atoms with Gasteiger partial charge in [-0.05, 0) is 38.8 Å². The van der Waals surface area contributed by atoms with E-state index in [-0.39, 0.29) is 11.6 Å². The fourth-order valence-corrected chi connectivity index (χ4v) is 2.89. The van der Waals surface area contributed by atoms with Crippen molar-refractivity contribution in [2.45, 2.75) is 52.8 Å². The minimum absolute atomic E-state index is 0.00307. The van der Waals surface area contributed by atoms with Crippen molar-refractivity contribution in [2.24, 2.45) is 5.92 Å². The van der Waals surface area contributed by atoms with Crippen molar-refractivity contribution in [1.82, 2.24) is 25.6 Å². The van der Waals surface area contributed by atoms with Gasteiger partial charge in [-0.15, -0.1) is 5.10 Å². The molecule has 0 aliphatic heterocycles. The summed E-state index contributed by atoms with van der Waals surface area (Å²) in [6.45, 7) is 9.58. The van der Waals surface area contributed by atoms with Crippen LogP contribution in [-0.2, 0) is 11.3 Å². The first kappa shape index (κ1) is 23.2. The molecule has 1 amide bonds. The molecular weight excluding hydrogens is 408 g/mol. The Hall–Kier alpha value is -3.08. The lowest BCUT2D eigenvalue weighted by atomic mass is 10.0. The Bertz CT molecular complexity index is 904. The van der Waals surface area contributed by atoms with Gasteiger partial charge in [0.05, 0.1) is 34.4 Å². The lowest BCUT2D eigenvalue weighted by molar-refractivity contribution is -0.384. The third kappa shape index (κ3) is 6.76. The number of nitro benzene ring substituents is 1.